The molecule has 6 rings (SSSR count). The Bertz CT molecular complexity index is 2010. The summed E-state index contributed by atoms with van der Waals surface area (Å²) in [5.41, 5.74) is 4.88. The molecule has 1 aromatic heterocycles. The van der Waals surface area contributed by atoms with E-state index in [0.717, 1.165) is 29.1 Å². The van der Waals surface area contributed by atoms with E-state index in [0.29, 0.717) is 29.7 Å². The van der Waals surface area contributed by atoms with Crippen LogP contribution in [0.1, 0.15) is 42.7 Å². The predicted octanol–water partition coefficient (Wildman–Crippen LogP) is 0.304. The van der Waals surface area contributed by atoms with Crippen LogP contribution in [-0.4, -0.2) is 129 Å². The monoisotopic (exact) mass is 808 g/mol. The molecule has 2 aromatic rings. The number of hydrogen-bond donors (Lipinski definition) is 4. The number of carbonyl (C=O) groups excluding carboxylic acids is 5. The molecule has 0 spiro atoms. The number of phenols is 2. The molecule has 54 heavy (non-hydrogen) atoms. The molecule has 5 heterocycles. The van der Waals surface area contributed by atoms with Crippen LogP contribution in [0, 0.1) is 10.8 Å². The molecular weight excluding hydrogens is 775 g/mol. The van der Waals surface area contributed by atoms with Crippen molar-refractivity contribution in [1.82, 2.24) is 20.1 Å². The third-order valence-electron chi connectivity index (χ3n) is 10.0. The molecular formula is C32H34Cl2N8O11S. The number of hydrogen-bond acceptors (Lipinski definition) is 15. The summed E-state index contributed by atoms with van der Waals surface area (Å²) in [6, 6.07) is 1.03. The van der Waals surface area contributed by atoms with E-state index in [1.54, 1.807) is 18.7 Å². The second-order valence-corrected chi connectivity index (χ2v) is 15.6. The number of nitrogens with two attached hydrogens (primary N) is 1. The molecule has 3 fully saturated rings. The van der Waals surface area contributed by atoms with Crippen molar-refractivity contribution in [3.63, 3.8) is 0 Å². The number of β-lactam (4-membered cyclic amide) rings is 1. The Morgan fingerprint density at radius 2 is 1.98 bits per heavy atom. The standard InChI is InChI=1S/C32H34Cl2N8O11S/c1-13(2)24(27(46)38-51)53-39-20(19-25(34)54-32(35)37-19)26(45)36-21-29(48)41-22(31(49)50)14(12-52-30(21)41)11-42-8-3-4-15(42)10-40(7-9-42)28(47)16-5-6-17(43)23(44)18(16)33/h5-6,13,15,21,24,30H,3-4,7-12H2,1-2H3,(H5-,35,36,37,38,39,43,44,45,46,47,49,50,51)/t15-,21+,24-,30+,42?/m0/s1. The number of amides is 4. The fourth-order valence-corrected chi connectivity index (χ4v) is 8.51. The van der Waals surface area contributed by atoms with Gasteiger partial charge in [-0.15, -0.1) is 4.91 Å². The first kappa shape index (κ1) is 38.8. The average molecular weight is 810 g/mol. The summed E-state index contributed by atoms with van der Waals surface area (Å²) in [6.45, 7) is 4.78. The highest BCUT2D eigenvalue weighted by Gasteiger charge is 2.56. The number of aromatic hydroxyl groups is 2. The Labute approximate surface area is 320 Å². The van der Waals surface area contributed by atoms with Crippen molar-refractivity contribution in [2.75, 3.05) is 45.1 Å². The number of phenolic OH excluding ortho intramolecular Hbond substituents is 2. The van der Waals surface area contributed by atoms with Gasteiger partial charge in [0, 0.05) is 29.5 Å². The number of quaternary nitrogens is 1. The zero-order chi connectivity index (χ0) is 39.2. The second-order valence-electron chi connectivity index (χ2n) is 13.6. The van der Waals surface area contributed by atoms with Crippen LogP contribution in [0.3, 0.4) is 0 Å². The van der Waals surface area contributed by atoms with E-state index in [1.807, 2.05) is 0 Å². The van der Waals surface area contributed by atoms with Crippen LogP contribution in [0.5, 0.6) is 11.5 Å². The number of carboxylic acids is 1. The summed E-state index contributed by atoms with van der Waals surface area (Å²) in [5.74, 6) is -6.75. The summed E-state index contributed by atoms with van der Waals surface area (Å²) in [5, 5.41) is 40.7. The number of carbonyl (C=O) groups is 5. The molecule has 19 nitrogen and oxygen atoms in total. The van der Waals surface area contributed by atoms with E-state index in [4.69, 9.17) is 38.5 Å². The van der Waals surface area contributed by atoms with Gasteiger partial charge in [0.15, 0.2) is 34.6 Å². The average Bonchev–Trinajstić information content (AvgIpc) is 3.70. The minimum atomic E-state index is -1.62. The number of halogens is 2. The van der Waals surface area contributed by atoms with Crippen LogP contribution in [-0.2, 0) is 28.8 Å². The SMILES string of the molecule is CC(C)[C@H](O/N=C(\C(=O)N[C@@H]1C(=O)N2C(C(=O)[O-])=C(C[N+]34CCC[C@H]3CN(C(=O)c3ccc(O)c(O)c3Cl)CC4)CO[C@H]12)c1nc(N)sc1Cl)C(=O)N=O. The van der Waals surface area contributed by atoms with Gasteiger partial charge in [0.05, 0.1) is 55.0 Å². The van der Waals surface area contributed by atoms with Crippen molar-refractivity contribution in [2.45, 2.75) is 51.1 Å². The van der Waals surface area contributed by atoms with Crippen molar-refractivity contribution < 1.29 is 53.3 Å². The smallest absolute Gasteiger partial charge is 0.329 e. The highest BCUT2D eigenvalue weighted by atomic mass is 35.5. The number of nitrogens with zero attached hydrogens (tertiary/aromatic N) is 6. The second kappa shape index (κ2) is 15.1. The number of aromatic nitrogens is 1. The lowest BCUT2D eigenvalue weighted by Gasteiger charge is -2.52. The molecule has 0 bridgehead atoms. The van der Waals surface area contributed by atoms with Crippen LogP contribution >= 0.6 is 34.5 Å². The van der Waals surface area contributed by atoms with Gasteiger partial charge in [-0.3, -0.25) is 24.1 Å². The molecule has 22 heteroatoms. The van der Waals surface area contributed by atoms with Gasteiger partial charge in [-0.1, -0.05) is 53.5 Å². The number of benzene rings is 1. The van der Waals surface area contributed by atoms with E-state index < -0.39 is 71.1 Å². The summed E-state index contributed by atoms with van der Waals surface area (Å²) >= 11 is 13.2. The van der Waals surface area contributed by atoms with Gasteiger partial charge >= 0.3 is 5.91 Å². The van der Waals surface area contributed by atoms with E-state index in [-0.39, 0.29) is 57.2 Å². The molecule has 5 atom stereocenters. The molecule has 5 N–H and O–H groups in total. The zero-order valence-corrected chi connectivity index (χ0v) is 31.0. The van der Waals surface area contributed by atoms with Gasteiger partial charge in [0.2, 0.25) is 6.10 Å². The number of oxime groups is 1. The fraction of sp³-hybridized carbons (Fsp3) is 0.469. The van der Waals surface area contributed by atoms with Crippen molar-refractivity contribution in [3.05, 3.63) is 48.9 Å². The fourth-order valence-electron chi connectivity index (χ4n) is 7.34. The van der Waals surface area contributed by atoms with E-state index in [1.165, 1.54) is 12.1 Å². The van der Waals surface area contributed by atoms with Gasteiger partial charge in [-0.25, -0.2) is 4.98 Å². The summed E-state index contributed by atoms with van der Waals surface area (Å²) < 4.78 is 6.32. The number of anilines is 1. The first-order valence-electron chi connectivity index (χ1n) is 16.7. The zero-order valence-electron chi connectivity index (χ0n) is 28.7. The van der Waals surface area contributed by atoms with Gasteiger partial charge < -0.3 is 50.1 Å². The quantitative estimate of drug-likeness (QED) is 0.0595. The van der Waals surface area contributed by atoms with Crippen molar-refractivity contribution in [2.24, 2.45) is 16.3 Å². The van der Waals surface area contributed by atoms with E-state index in [2.05, 4.69) is 20.6 Å². The van der Waals surface area contributed by atoms with Crippen LogP contribution < -0.4 is 16.2 Å². The number of ether oxygens (including phenoxy) is 1. The number of nitrogen functional groups attached to an aromatic ring is 1. The number of piperazine rings is 1. The number of aliphatic carboxylic acids is 1. The number of nitrogens with one attached hydrogen (secondary N) is 1. The van der Waals surface area contributed by atoms with Gasteiger partial charge in [-0.2, -0.15) is 0 Å². The maximum absolute atomic E-state index is 13.6. The van der Waals surface area contributed by atoms with Crippen LogP contribution in [0.25, 0.3) is 0 Å². The van der Waals surface area contributed by atoms with Crippen molar-refractivity contribution >= 4 is 75.0 Å². The summed E-state index contributed by atoms with van der Waals surface area (Å²) in [4.78, 5) is 87.8. The Morgan fingerprint density at radius 3 is 2.63 bits per heavy atom. The molecule has 3 saturated heterocycles. The van der Waals surface area contributed by atoms with Gasteiger partial charge in [-0.05, 0) is 12.1 Å². The Kier molecular flexibility index (Phi) is 10.9. The topological polar surface area (TPSA) is 267 Å². The Hall–Kier alpha value is -4.89. The maximum Gasteiger partial charge on any atom is 0.329 e. The van der Waals surface area contributed by atoms with Gasteiger partial charge in [0.1, 0.15) is 22.6 Å². The number of nitroso groups, excluding NO2 is 1. The molecule has 1 aromatic carbocycles. The Morgan fingerprint density at radius 1 is 1.24 bits per heavy atom. The molecule has 0 radical (unpaired) electrons. The lowest BCUT2D eigenvalue weighted by molar-refractivity contribution is -0.939. The maximum atomic E-state index is 13.6. The third-order valence-corrected chi connectivity index (χ3v) is 11.5. The number of carboxylic acid groups (broad SMARTS) is 1. The third kappa shape index (κ3) is 6.94. The summed E-state index contributed by atoms with van der Waals surface area (Å²) in [7, 11) is 0. The molecule has 4 aliphatic rings. The van der Waals surface area contributed by atoms with Crippen LogP contribution in [0.15, 0.2) is 33.7 Å². The first-order valence-corrected chi connectivity index (χ1v) is 18.2. The molecule has 4 aliphatic heterocycles. The lowest BCUT2D eigenvalue weighted by atomic mass is 9.97. The normalized spacial score (nSPS) is 24.4. The highest BCUT2D eigenvalue weighted by Crippen LogP contribution is 2.40. The predicted molar refractivity (Wildman–Crippen MR) is 188 cm³/mol. The first-order chi connectivity index (χ1) is 25.6. The molecule has 1 unspecified atom stereocenters. The van der Waals surface area contributed by atoms with Gasteiger partial charge in [0.25, 0.3) is 17.7 Å². The van der Waals surface area contributed by atoms with E-state index in [9.17, 15) is 44.2 Å². The molecule has 4 amide bonds. The van der Waals surface area contributed by atoms with Crippen molar-refractivity contribution in [3.8, 4) is 11.5 Å². The minimum Gasteiger partial charge on any atom is -0.543 e. The highest BCUT2D eigenvalue weighted by molar-refractivity contribution is 7.19. The molecule has 0 aliphatic carbocycles. The van der Waals surface area contributed by atoms with Crippen LogP contribution in [0.4, 0.5) is 5.13 Å². The minimum absolute atomic E-state index is 0.0337. The molecule has 0 saturated carbocycles. The Balaban J connectivity index is 1.19. The number of fused-ring (bicyclic) bond motifs is 2. The van der Waals surface area contributed by atoms with E-state index >= 15 is 0 Å². The summed E-state index contributed by atoms with van der Waals surface area (Å²) in [6.07, 6.45) is -1.18. The molecule has 288 valence electrons. The lowest BCUT2D eigenvalue weighted by Crippen LogP contribution is -2.74. The largest absolute Gasteiger partial charge is 0.543 e. The number of rotatable bonds is 11. The van der Waals surface area contributed by atoms with Crippen molar-refractivity contribution in [1.29, 1.82) is 0 Å². The number of thiazole rings is 1. The van der Waals surface area contributed by atoms with Crippen LogP contribution in [0.2, 0.25) is 9.36 Å².